The molecule has 1 aromatic heterocycles. The monoisotopic (exact) mass is 297 g/mol. The number of nitrogens with zero attached hydrogens (tertiary/aromatic N) is 2. The van der Waals surface area contributed by atoms with Crippen LogP contribution in [0.4, 0.5) is 4.79 Å². The number of urea groups is 1. The summed E-state index contributed by atoms with van der Waals surface area (Å²) in [7, 11) is 0. The Morgan fingerprint density at radius 3 is 2.81 bits per heavy atom. The number of aryl methyl sites for hydroxylation is 1. The summed E-state index contributed by atoms with van der Waals surface area (Å²) in [6, 6.07) is 1.61. The summed E-state index contributed by atoms with van der Waals surface area (Å²) in [5.41, 5.74) is 0.681. The van der Waals surface area contributed by atoms with Gasteiger partial charge in [0.15, 0.2) is 0 Å². The lowest BCUT2D eigenvalue weighted by Gasteiger charge is -2.31. The first-order valence-corrected chi connectivity index (χ1v) is 6.83. The second-order valence-electron chi connectivity index (χ2n) is 4.98. The van der Waals surface area contributed by atoms with E-state index in [4.69, 9.17) is 14.4 Å². The second-order valence-corrected chi connectivity index (χ2v) is 4.98. The molecule has 2 N–H and O–H groups in total. The van der Waals surface area contributed by atoms with Gasteiger partial charge in [-0.25, -0.2) is 9.59 Å². The molecule has 2 amide bonds. The molecule has 116 valence electrons. The third-order valence-corrected chi connectivity index (χ3v) is 3.27. The number of amides is 2. The van der Waals surface area contributed by atoms with Crippen LogP contribution >= 0.6 is 0 Å². The van der Waals surface area contributed by atoms with Gasteiger partial charge in [0, 0.05) is 19.2 Å². The van der Waals surface area contributed by atoms with E-state index >= 15 is 0 Å². The van der Waals surface area contributed by atoms with Crippen molar-refractivity contribution in [1.82, 2.24) is 15.4 Å². The average molecular weight is 297 g/mol. The average Bonchev–Trinajstić information content (AvgIpc) is 2.89. The number of nitrogens with one attached hydrogen (secondary N) is 1. The molecule has 1 aliphatic rings. The largest absolute Gasteiger partial charge is 0.480 e. The number of likely N-dealkylation sites (tertiary alicyclic amines) is 1. The number of carboxylic acids is 1. The van der Waals surface area contributed by atoms with Gasteiger partial charge in [0.1, 0.15) is 18.1 Å². The van der Waals surface area contributed by atoms with E-state index < -0.39 is 5.97 Å². The van der Waals surface area contributed by atoms with E-state index in [2.05, 4.69) is 10.5 Å². The molecule has 21 heavy (non-hydrogen) atoms. The first-order chi connectivity index (χ1) is 10.0. The van der Waals surface area contributed by atoms with Crippen molar-refractivity contribution in [3.8, 4) is 0 Å². The van der Waals surface area contributed by atoms with Crippen LogP contribution in [0, 0.1) is 6.92 Å². The summed E-state index contributed by atoms with van der Waals surface area (Å²) in [4.78, 5) is 24.1. The highest BCUT2D eigenvalue weighted by Gasteiger charge is 2.23. The van der Waals surface area contributed by atoms with E-state index in [1.54, 1.807) is 17.9 Å². The number of carbonyl (C=O) groups is 2. The predicted molar refractivity (Wildman–Crippen MR) is 71.7 cm³/mol. The molecule has 0 spiro atoms. The van der Waals surface area contributed by atoms with Crippen molar-refractivity contribution in [1.29, 1.82) is 0 Å². The number of aliphatic carboxylic acids is 1. The van der Waals surface area contributed by atoms with Crippen molar-refractivity contribution in [2.24, 2.45) is 0 Å². The molecule has 0 atom stereocenters. The van der Waals surface area contributed by atoms with Crippen LogP contribution in [0.25, 0.3) is 0 Å². The van der Waals surface area contributed by atoms with Crippen LogP contribution < -0.4 is 5.32 Å². The lowest BCUT2D eigenvalue weighted by molar-refractivity contribution is -0.145. The van der Waals surface area contributed by atoms with Crippen molar-refractivity contribution in [3.05, 3.63) is 17.5 Å². The van der Waals surface area contributed by atoms with Gasteiger partial charge >= 0.3 is 12.0 Å². The van der Waals surface area contributed by atoms with Crippen LogP contribution in [0.15, 0.2) is 10.6 Å². The summed E-state index contributed by atoms with van der Waals surface area (Å²) >= 11 is 0. The number of aromatic nitrogens is 1. The molecule has 1 saturated heterocycles. The quantitative estimate of drug-likeness (QED) is 0.831. The summed E-state index contributed by atoms with van der Waals surface area (Å²) in [5.74, 6) is -0.270. The minimum Gasteiger partial charge on any atom is -0.480 e. The van der Waals surface area contributed by atoms with Gasteiger partial charge in [-0.15, -0.1) is 0 Å². The van der Waals surface area contributed by atoms with Crippen molar-refractivity contribution in [2.75, 3.05) is 19.7 Å². The van der Waals surface area contributed by atoms with E-state index in [1.165, 1.54) is 0 Å². The van der Waals surface area contributed by atoms with Crippen LogP contribution in [0.3, 0.4) is 0 Å². The molecule has 0 aliphatic carbocycles. The molecule has 1 aliphatic heterocycles. The van der Waals surface area contributed by atoms with Crippen molar-refractivity contribution < 1.29 is 24.0 Å². The zero-order valence-corrected chi connectivity index (χ0v) is 11.9. The molecule has 2 rings (SSSR count). The smallest absolute Gasteiger partial charge is 0.329 e. The molecule has 0 bridgehead atoms. The fraction of sp³-hybridized carbons (Fsp3) is 0.615. The topological polar surface area (TPSA) is 105 Å². The van der Waals surface area contributed by atoms with Gasteiger partial charge in [-0.2, -0.15) is 0 Å². The minimum absolute atomic E-state index is 0.0941. The van der Waals surface area contributed by atoms with Crippen molar-refractivity contribution in [3.63, 3.8) is 0 Å². The van der Waals surface area contributed by atoms with E-state index in [1.807, 2.05) is 0 Å². The lowest BCUT2D eigenvalue weighted by atomic mass is 10.1. The van der Waals surface area contributed by atoms with E-state index in [-0.39, 0.29) is 18.7 Å². The van der Waals surface area contributed by atoms with Crippen LogP contribution in [-0.2, 0) is 16.1 Å². The number of ether oxygens (including phenoxy) is 1. The molecular formula is C13H19N3O5. The predicted octanol–water partition coefficient (Wildman–Crippen LogP) is 0.758. The van der Waals surface area contributed by atoms with Gasteiger partial charge in [0.25, 0.3) is 0 Å². The maximum Gasteiger partial charge on any atom is 0.329 e. The fourth-order valence-electron chi connectivity index (χ4n) is 2.19. The summed E-state index contributed by atoms with van der Waals surface area (Å²) in [6.07, 6.45) is 1.19. The minimum atomic E-state index is -0.974. The summed E-state index contributed by atoms with van der Waals surface area (Å²) in [6.45, 7) is 2.93. The number of carboxylic acid groups (broad SMARTS) is 1. The van der Waals surface area contributed by atoms with Crippen molar-refractivity contribution >= 4 is 12.0 Å². The SMILES string of the molecule is Cc1cc(CNC(=O)N2CCC(OCC(=O)O)CC2)no1. The number of piperidine rings is 1. The first-order valence-electron chi connectivity index (χ1n) is 6.83. The van der Waals surface area contributed by atoms with Crippen LogP contribution in [0.2, 0.25) is 0 Å². The highest BCUT2D eigenvalue weighted by molar-refractivity contribution is 5.74. The number of hydrogen-bond acceptors (Lipinski definition) is 5. The first kappa shape index (κ1) is 15.3. The second kappa shape index (κ2) is 7.07. The van der Waals surface area contributed by atoms with Gasteiger partial charge in [-0.3, -0.25) is 0 Å². The molecule has 2 heterocycles. The molecule has 1 aromatic rings. The molecule has 1 fully saturated rings. The van der Waals surface area contributed by atoms with E-state index in [9.17, 15) is 9.59 Å². The Bertz CT molecular complexity index is 494. The van der Waals surface area contributed by atoms with E-state index in [0.717, 1.165) is 0 Å². The Kier molecular flexibility index (Phi) is 5.15. The molecule has 8 heteroatoms. The number of hydrogen-bond donors (Lipinski definition) is 2. The Labute approximate surface area is 122 Å². The van der Waals surface area contributed by atoms with Crippen LogP contribution in [-0.4, -0.2) is 53.0 Å². The highest BCUT2D eigenvalue weighted by atomic mass is 16.5. The van der Waals surface area contributed by atoms with Gasteiger partial charge < -0.3 is 24.6 Å². The van der Waals surface area contributed by atoms with Crippen LogP contribution in [0.5, 0.6) is 0 Å². The normalized spacial score (nSPS) is 16.0. The van der Waals surface area contributed by atoms with Gasteiger partial charge in [0.2, 0.25) is 0 Å². The van der Waals surface area contributed by atoms with Gasteiger partial charge in [-0.1, -0.05) is 5.16 Å². The van der Waals surface area contributed by atoms with Gasteiger partial charge in [-0.05, 0) is 19.8 Å². The highest BCUT2D eigenvalue weighted by Crippen LogP contribution is 2.13. The van der Waals surface area contributed by atoms with Crippen molar-refractivity contribution in [2.45, 2.75) is 32.4 Å². The Morgan fingerprint density at radius 1 is 1.52 bits per heavy atom. The zero-order chi connectivity index (χ0) is 15.2. The Hall–Kier alpha value is -2.09. The molecule has 0 aromatic carbocycles. The number of carbonyl (C=O) groups excluding carboxylic acids is 1. The summed E-state index contributed by atoms with van der Waals surface area (Å²) < 4.78 is 10.1. The Morgan fingerprint density at radius 2 is 2.24 bits per heavy atom. The third-order valence-electron chi connectivity index (χ3n) is 3.27. The molecule has 0 unspecified atom stereocenters. The molecule has 0 saturated carbocycles. The molecule has 8 nitrogen and oxygen atoms in total. The number of rotatable bonds is 5. The standard InChI is InChI=1S/C13H19N3O5/c1-9-6-10(15-21-9)7-14-13(19)16-4-2-11(3-5-16)20-8-12(17)18/h6,11H,2-5,7-8H2,1H3,(H,14,19)(H,17,18). The fourth-order valence-corrected chi connectivity index (χ4v) is 2.19. The van der Waals surface area contributed by atoms with Crippen LogP contribution in [0.1, 0.15) is 24.3 Å². The Balaban J connectivity index is 1.69. The summed E-state index contributed by atoms with van der Waals surface area (Å²) in [5, 5.41) is 15.1. The zero-order valence-electron chi connectivity index (χ0n) is 11.9. The molecule has 0 radical (unpaired) electrons. The molecular weight excluding hydrogens is 278 g/mol. The van der Waals surface area contributed by atoms with Gasteiger partial charge in [0.05, 0.1) is 12.6 Å². The lowest BCUT2D eigenvalue weighted by Crippen LogP contribution is -2.45. The van der Waals surface area contributed by atoms with E-state index in [0.29, 0.717) is 43.9 Å². The maximum absolute atomic E-state index is 12.0. The third kappa shape index (κ3) is 4.75. The maximum atomic E-state index is 12.0.